The molecule has 0 saturated heterocycles. The molecule has 0 aromatic heterocycles. The predicted octanol–water partition coefficient (Wildman–Crippen LogP) is 2.79. The van der Waals surface area contributed by atoms with E-state index >= 15 is 0 Å². The Bertz CT molecular complexity index is 399. The fourth-order valence-electron chi connectivity index (χ4n) is 2.99. The third-order valence-electron chi connectivity index (χ3n) is 4.12. The average Bonchev–Trinajstić information content (AvgIpc) is 2.95. The van der Waals surface area contributed by atoms with Crippen molar-refractivity contribution >= 4 is 11.7 Å². The third-order valence-corrected chi connectivity index (χ3v) is 4.12. The minimum atomic E-state index is -0.525. The molecule has 1 aliphatic carbocycles. The van der Waals surface area contributed by atoms with Crippen LogP contribution in [0, 0.1) is 11.3 Å². The van der Waals surface area contributed by atoms with Gasteiger partial charge in [-0.25, -0.2) is 4.79 Å². The highest BCUT2D eigenvalue weighted by Gasteiger charge is 2.23. The van der Waals surface area contributed by atoms with Gasteiger partial charge in [0.1, 0.15) is 5.71 Å². The number of aliphatic hydroxyl groups excluding tert-OH is 1. The maximum Gasteiger partial charge on any atom is 0.356 e. The Morgan fingerprint density at radius 3 is 2.73 bits per heavy atom. The third kappa shape index (κ3) is 5.79. The minimum absolute atomic E-state index is 0.00214. The van der Waals surface area contributed by atoms with E-state index in [0.717, 1.165) is 62.8 Å². The van der Waals surface area contributed by atoms with Gasteiger partial charge in [-0.2, -0.15) is 0 Å². The second-order valence-corrected chi connectivity index (χ2v) is 5.79. The summed E-state index contributed by atoms with van der Waals surface area (Å²) in [4.78, 5) is 11.7. The highest BCUT2D eigenvalue weighted by atomic mass is 16.5. The molecule has 0 amide bonds. The Morgan fingerprint density at radius 2 is 2.09 bits per heavy atom. The standard InChI is InChI=1S/C17H30N2O3/c1-3-6-13(10-12-20)9-11-19-15-8-5-7-14(15)16(18)17(21)22-4-2/h13,18-20H,3-12H2,1-2H3. The van der Waals surface area contributed by atoms with Crippen LogP contribution in [0.4, 0.5) is 0 Å². The van der Waals surface area contributed by atoms with E-state index in [-0.39, 0.29) is 12.3 Å². The van der Waals surface area contributed by atoms with Gasteiger partial charge in [-0.1, -0.05) is 19.8 Å². The van der Waals surface area contributed by atoms with E-state index in [1.165, 1.54) is 0 Å². The molecule has 1 rings (SSSR count). The zero-order chi connectivity index (χ0) is 16.4. The number of rotatable bonds is 11. The van der Waals surface area contributed by atoms with Crippen LogP contribution >= 0.6 is 0 Å². The number of allylic oxidation sites excluding steroid dienone is 1. The minimum Gasteiger partial charge on any atom is -0.461 e. The first-order valence-corrected chi connectivity index (χ1v) is 8.46. The highest BCUT2D eigenvalue weighted by Crippen LogP contribution is 2.25. The summed E-state index contributed by atoms with van der Waals surface area (Å²) in [6.07, 6.45) is 6.77. The smallest absolute Gasteiger partial charge is 0.356 e. The van der Waals surface area contributed by atoms with E-state index < -0.39 is 5.97 Å². The van der Waals surface area contributed by atoms with Crippen LogP contribution in [-0.4, -0.2) is 36.5 Å². The fraction of sp³-hybridized carbons (Fsp3) is 0.765. The Kier molecular flexibility index (Phi) is 8.82. The molecule has 1 aliphatic rings. The SMILES string of the molecule is CCCC(CCO)CCNC1=C(C(=N)C(=O)OCC)CCC1. The molecule has 0 spiro atoms. The number of hydrogen-bond acceptors (Lipinski definition) is 5. The Balaban J connectivity index is 2.53. The zero-order valence-corrected chi connectivity index (χ0v) is 13.9. The molecule has 3 N–H and O–H groups in total. The number of esters is 1. The van der Waals surface area contributed by atoms with Crippen molar-refractivity contribution in [3.8, 4) is 0 Å². The molecular formula is C17H30N2O3. The predicted molar refractivity (Wildman–Crippen MR) is 88.0 cm³/mol. The van der Waals surface area contributed by atoms with Crippen molar-refractivity contribution in [1.29, 1.82) is 5.41 Å². The molecule has 22 heavy (non-hydrogen) atoms. The topological polar surface area (TPSA) is 82.4 Å². The van der Waals surface area contributed by atoms with Gasteiger partial charge < -0.3 is 15.2 Å². The molecule has 0 radical (unpaired) electrons. The van der Waals surface area contributed by atoms with Crippen LogP contribution in [-0.2, 0) is 9.53 Å². The van der Waals surface area contributed by atoms with Crippen molar-refractivity contribution < 1.29 is 14.6 Å². The molecular weight excluding hydrogens is 280 g/mol. The van der Waals surface area contributed by atoms with Crippen molar-refractivity contribution in [2.45, 2.75) is 58.8 Å². The summed E-state index contributed by atoms with van der Waals surface area (Å²) in [5.74, 6) is 0.0142. The molecule has 0 heterocycles. The van der Waals surface area contributed by atoms with Crippen LogP contribution in [0.2, 0.25) is 0 Å². The molecule has 0 aliphatic heterocycles. The largest absolute Gasteiger partial charge is 0.461 e. The monoisotopic (exact) mass is 310 g/mol. The number of carbonyl (C=O) groups excluding carboxylic acids is 1. The van der Waals surface area contributed by atoms with Gasteiger partial charge in [0.15, 0.2) is 0 Å². The molecule has 1 atom stereocenters. The van der Waals surface area contributed by atoms with Crippen molar-refractivity contribution in [1.82, 2.24) is 5.32 Å². The lowest BCUT2D eigenvalue weighted by molar-refractivity contribution is -0.135. The Hall–Kier alpha value is -1.36. The lowest BCUT2D eigenvalue weighted by Crippen LogP contribution is -2.23. The summed E-state index contributed by atoms with van der Waals surface area (Å²) in [5, 5.41) is 20.5. The van der Waals surface area contributed by atoms with Crippen molar-refractivity contribution in [2.75, 3.05) is 19.8 Å². The molecule has 0 saturated carbocycles. The molecule has 1 unspecified atom stereocenters. The molecule has 0 aromatic carbocycles. The van der Waals surface area contributed by atoms with Gasteiger partial charge in [-0.15, -0.1) is 0 Å². The van der Waals surface area contributed by atoms with E-state index in [2.05, 4.69) is 12.2 Å². The van der Waals surface area contributed by atoms with Gasteiger partial charge in [0.05, 0.1) is 6.61 Å². The molecule has 0 fully saturated rings. The Morgan fingerprint density at radius 1 is 1.32 bits per heavy atom. The number of carbonyl (C=O) groups is 1. The number of aliphatic hydroxyl groups is 1. The zero-order valence-electron chi connectivity index (χ0n) is 13.9. The van der Waals surface area contributed by atoms with E-state index in [1.54, 1.807) is 6.92 Å². The molecule has 5 heteroatoms. The van der Waals surface area contributed by atoms with Crippen LogP contribution in [0.25, 0.3) is 0 Å². The van der Waals surface area contributed by atoms with Crippen molar-refractivity contribution in [2.24, 2.45) is 5.92 Å². The number of ether oxygens (including phenoxy) is 1. The van der Waals surface area contributed by atoms with Crippen LogP contribution in [0.5, 0.6) is 0 Å². The summed E-state index contributed by atoms with van der Waals surface area (Å²) in [6, 6.07) is 0. The van der Waals surface area contributed by atoms with Gasteiger partial charge >= 0.3 is 5.97 Å². The van der Waals surface area contributed by atoms with Gasteiger partial charge in [0.25, 0.3) is 0 Å². The summed E-state index contributed by atoms with van der Waals surface area (Å²) in [7, 11) is 0. The van der Waals surface area contributed by atoms with Crippen LogP contribution in [0.1, 0.15) is 58.8 Å². The van der Waals surface area contributed by atoms with E-state index in [1.807, 2.05) is 0 Å². The molecule has 5 nitrogen and oxygen atoms in total. The summed E-state index contributed by atoms with van der Waals surface area (Å²) in [6.45, 7) is 5.29. The number of nitrogens with one attached hydrogen (secondary N) is 2. The average molecular weight is 310 g/mol. The molecule has 0 bridgehead atoms. The quantitative estimate of drug-likeness (QED) is 0.405. The normalized spacial score (nSPS) is 15.8. The van der Waals surface area contributed by atoms with Crippen molar-refractivity contribution in [3.63, 3.8) is 0 Å². The first-order chi connectivity index (χ1) is 10.6. The van der Waals surface area contributed by atoms with E-state index in [9.17, 15) is 4.79 Å². The summed E-state index contributed by atoms with van der Waals surface area (Å²) in [5.41, 5.74) is 1.84. The lowest BCUT2D eigenvalue weighted by Gasteiger charge is -2.17. The van der Waals surface area contributed by atoms with Gasteiger partial charge in [0.2, 0.25) is 0 Å². The van der Waals surface area contributed by atoms with Gasteiger partial charge in [0, 0.05) is 24.4 Å². The van der Waals surface area contributed by atoms with Crippen LogP contribution in [0.15, 0.2) is 11.3 Å². The molecule has 126 valence electrons. The highest BCUT2D eigenvalue weighted by molar-refractivity contribution is 6.42. The lowest BCUT2D eigenvalue weighted by atomic mass is 9.96. The van der Waals surface area contributed by atoms with Crippen molar-refractivity contribution in [3.05, 3.63) is 11.3 Å². The first kappa shape index (κ1) is 18.7. The molecule has 0 aromatic rings. The maximum atomic E-state index is 11.7. The van der Waals surface area contributed by atoms with Gasteiger partial charge in [-0.3, -0.25) is 5.41 Å². The summed E-state index contributed by atoms with van der Waals surface area (Å²) < 4.78 is 4.92. The Labute approximate surface area is 133 Å². The summed E-state index contributed by atoms with van der Waals surface area (Å²) >= 11 is 0. The van der Waals surface area contributed by atoms with E-state index in [4.69, 9.17) is 15.3 Å². The maximum absolute atomic E-state index is 11.7. The second-order valence-electron chi connectivity index (χ2n) is 5.79. The van der Waals surface area contributed by atoms with Crippen LogP contribution in [0.3, 0.4) is 0 Å². The number of hydrogen-bond donors (Lipinski definition) is 3. The van der Waals surface area contributed by atoms with E-state index in [0.29, 0.717) is 12.5 Å². The first-order valence-electron chi connectivity index (χ1n) is 8.46. The fourth-order valence-corrected chi connectivity index (χ4v) is 2.99. The second kappa shape index (κ2) is 10.4. The van der Waals surface area contributed by atoms with Crippen LogP contribution < -0.4 is 5.32 Å². The van der Waals surface area contributed by atoms with Gasteiger partial charge in [-0.05, 0) is 44.9 Å².